The van der Waals surface area contributed by atoms with Crippen molar-refractivity contribution in [1.82, 2.24) is 0 Å². The van der Waals surface area contributed by atoms with E-state index < -0.39 is 6.10 Å². The quantitative estimate of drug-likeness (QED) is 0.775. The van der Waals surface area contributed by atoms with Crippen LogP contribution in [-0.4, -0.2) is 30.3 Å². The van der Waals surface area contributed by atoms with Crippen LogP contribution >= 0.6 is 0 Å². The van der Waals surface area contributed by atoms with Crippen molar-refractivity contribution in [3.8, 4) is 0 Å². The molecule has 0 saturated carbocycles. The zero-order valence-corrected chi connectivity index (χ0v) is 11.8. The van der Waals surface area contributed by atoms with Crippen molar-refractivity contribution < 1.29 is 24.2 Å². The highest BCUT2D eigenvalue weighted by atomic mass is 16.5. The van der Waals surface area contributed by atoms with Crippen molar-refractivity contribution in [2.45, 2.75) is 32.8 Å². The first-order chi connectivity index (χ1) is 9.58. The number of aliphatic hydroxyl groups excluding tert-OH is 1. The first-order valence-electron chi connectivity index (χ1n) is 6.69. The van der Waals surface area contributed by atoms with Gasteiger partial charge in [0.25, 0.3) is 0 Å². The third kappa shape index (κ3) is 5.01. The molecule has 5 heteroatoms. The molecule has 1 aromatic carbocycles. The minimum atomic E-state index is -0.754. The van der Waals surface area contributed by atoms with Gasteiger partial charge in [-0.1, -0.05) is 12.1 Å². The average molecular weight is 280 g/mol. The molecule has 0 spiro atoms. The Kier molecular flexibility index (Phi) is 6.73. The highest BCUT2D eigenvalue weighted by Gasteiger charge is 2.12. The molecular formula is C15H20O5. The fourth-order valence-corrected chi connectivity index (χ4v) is 1.71. The third-order valence-corrected chi connectivity index (χ3v) is 2.73. The van der Waals surface area contributed by atoms with E-state index in [0.717, 1.165) is 0 Å². The lowest BCUT2D eigenvalue weighted by Crippen LogP contribution is -2.08. The van der Waals surface area contributed by atoms with Crippen molar-refractivity contribution in [2.24, 2.45) is 0 Å². The molecule has 0 amide bonds. The van der Waals surface area contributed by atoms with E-state index >= 15 is 0 Å². The van der Waals surface area contributed by atoms with E-state index in [1.807, 2.05) is 0 Å². The molecule has 0 bridgehead atoms. The number of benzene rings is 1. The van der Waals surface area contributed by atoms with Gasteiger partial charge in [0.15, 0.2) is 0 Å². The maximum Gasteiger partial charge on any atom is 0.338 e. The molecule has 0 fully saturated rings. The summed E-state index contributed by atoms with van der Waals surface area (Å²) < 4.78 is 9.67. The number of esters is 2. The molecule has 0 aliphatic rings. The molecule has 0 aliphatic carbocycles. The molecule has 1 N–H and O–H groups in total. The van der Waals surface area contributed by atoms with E-state index in [1.165, 1.54) is 0 Å². The second-order valence-electron chi connectivity index (χ2n) is 4.20. The van der Waals surface area contributed by atoms with Gasteiger partial charge in [-0.15, -0.1) is 0 Å². The number of carbonyl (C=O) groups is 2. The Bertz CT molecular complexity index is 438. The van der Waals surface area contributed by atoms with Crippen molar-refractivity contribution in [2.75, 3.05) is 13.2 Å². The zero-order chi connectivity index (χ0) is 15.0. The van der Waals surface area contributed by atoms with E-state index in [9.17, 15) is 14.7 Å². The second kappa shape index (κ2) is 8.32. The molecule has 0 heterocycles. The van der Waals surface area contributed by atoms with Gasteiger partial charge in [0.05, 0.1) is 24.9 Å². The summed E-state index contributed by atoms with van der Waals surface area (Å²) in [5, 5.41) is 9.95. The van der Waals surface area contributed by atoms with Crippen LogP contribution in [0.5, 0.6) is 0 Å². The van der Waals surface area contributed by atoms with Crippen molar-refractivity contribution in [3.05, 3.63) is 35.4 Å². The van der Waals surface area contributed by atoms with Crippen LogP contribution in [0.25, 0.3) is 0 Å². The SMILES string of the molecule is CCOC(=O)CCC(O)c1ccc(C(=O)OCC)cc1. The molecule has 20 heavy (non-hydrogen) atoms. The van der Waals surface area contributed by atoms with Crippen LogP contribution in [0.2, 0.25) is 0 Å². The Labute approximate surface area is 118 Å². The lowest BCUT2D eigenvalue weighted by molar-refractivity contribution is -0.143. The lowest BCUT2D eigenvalue weighted by atomic mass is 10.0. The number of rotatable bonds is 7. The minimum Gasteiger partial charge on any atom is -0.466 e. The normalized spacial score (nSPS) is 11.8. The van der Waals surface area contributed by atoms with Crippen molar-refractivity contribution >= 4 is 11.9 Å². The lowest BCUT2D eigenvalue weighted by Gasteiger charge is -2.11. The van der Waals surface area contributed by atoms with E-state index in [2.05, 4.69) is 0 Å². The number of hydrogen-bond donors (Lipinski definition) is 1. The van der Waals surface area contributed by atoms with Gasteiger partial charge < -0.3 is 14.6 Å². The minimum absolute atomic E-state index is 0.161. The molecule has 1 aromatic rings. The predicted octanol–water partition coefficient (Wildman–Crippen LogP) is 2.24. The van der Waals surface area contributed by atoms with E-state index in [1.54, 1.807) is 38.1 Å². The molecule has 0 radical (unpaired) electrons. The Hall–Kier alpha value is -1.88. The number of aliphatic hydroxyl groups is 1. The monoisotopic (exact) mass is 280 g/mol. The summed E-state index contributed by atoms with van der Waals surface area (Å²) in [6.45, 7) is 4.14. The van der Waals surface area contributed by atoms with Gasteiger partial charge in [-0.25, -0.2) is 4.79 Å². The summed E-state index contributed by atoms with van der Waals surface area (Å²) in [7, 11) is 0. The summed E-state index contributed by atoms with van der Waals surface area (Å²) in [5.41, 5.74) is 1.09. The Morgan fingerprint density at radius 3 is 2.25 bits per heavy atom. The summed E-state index contributed by atoms with van der Waals surface area (Å²) in [5.74, 6) is -0.713. The first-order valence-corrected chi connectivity index (χ1v) is 6.69. The van der Waals surface area contributed by atoms with Gasteiger partial charge >= 0.3 is 11.9 Å². The van der Waals surface area contributed by atoms with Crippen LogP contribution in [0.1, 0.15) is 48.7 Å². The Morgan fingerprint density at radius 1 is 1.10 bits per heavy atom. The summed E-state index contributed by atoms with van der Waals surface area (Å²) in [6.07, 6.45) is -0.303. The molecule has 1 atom stereocenters. The van der Waals surface area contributed by atoms with Gasteiger partial charge in [-0.3, -0.25) is 4.79 Å². The van der Waals surface area contributed by atoms with Crippen LogP contribution in [0.3, 0.4) is 0 Å². The fraction of sp³-hybridized carbons (Fsp3) is 0.467. The van der Waals surface area contributed by atoms with E-state index in [4.69, 9.17) is 9.47 Å². The maximum atomic E-state index is 11.5. The smallest absolute Gasteiger partial charge is 0.338 e. The van der Waals surface area contributed by atoms with Crippen LogP contribution in [-0.2, 0) is 14.3 Å². The van der Waals surface area contributed by atoms with Gasteiger partial charge in [-0.05, 0) is 38.0 Å². The van der Waals surface area contributed by atoms with E-state index in [-0.39, 0.29) is 24.8 Å². The molecule has 5 nitrogen and oxygen atoms in total. The largest absolute Gasteiger partial charge is 0.466 e. The summed E-state index contributed by atoms with van der Waals surface area (Å²) in [6, 6.07) is 6.51. The second-order valence-corrected chi connectivity index (χ2v) is 4.20. The van der Waals surface area contributed by atoms with Gasteiger partial charge in [0.1, 0.15) is 0 Å². The van der Waals surface area contributed by atoms with Crippen LogP contribution < -0.4 is 0 Å². The van der Waals surface area contributed by atoms with Crippen LogP contribution in [0.4, 0.5) is 0 Å². The molecule has 110 valence electrons. The van der Waals surface area contributed by atoms with E-state index in [0.29, 0.717) is 24.3 Å². The van der Waals surface area contributed by atoms with Crippen LogP contribution in [0, 0.1) is 0 Å². The highest BCUT2D eigenvalue weighted by Crippen LogP contribution is 2.19. The molecule has 1 unspecified atom stereocenters. The molecule has 0 saturated heterocycles. The predicted molar refractivity (Wildman–Crippen MR) is 73.2 cm³/mol. The maximum absolute atomic E-state index is 11.5. The molecule has 1 rings (SSSR count). The first kappa shape index (κ1) is 16.2. The number of hydrogen-bond acceptors (Lipinski definition) is 5. The highest BCUT2D eigenvalue weighted by molar-refractivity contribution is 5.89. The van der Waals surface area contributed by atoms with Gasteiger partial charge in [0.2, 0.25) is 0 Å². The topological polar surface area (TPSA) is 72.8 Å². The van der Waals surface area contributed by atoms with Gasteiger partial charge in [0, 0.05) is 6.42 Å². The van der Waals surface area contributed by atoms with Crippen molar-refractivity contribution in [1.29, 1.82) is 0 Å². The standard InChI is InChI=1S/C15H20O5/c1-3-19-14(17)10-9-13(16)11-5-7-12(8-6-11)15(18)20-4-2/h5-8,13,16H,3-4,9-10H2,1-2H3. The molecule has 0 aromatic heterocycles. The zero-order valence-electron chi connectivity index (χ0n) is 11.8. The number of ether oxygens (including phenoxy) is 2. The van der Waals surface area contributed by atoms with Gasteiger partial charge in [-0.2, -0.15) is 0 Å². The molecule has 0 aliphatic heterocycles. The van der Waals surface area contributed by atoms with Crippen molar-refractivity contribution in [3.63, 3.8) is 0 Å². The average Bonchev–Trinajstić information content (AvgIpc) is 2.45. The summed E-state index contributed by atoms with van der Waals surface area (Å²) in [4.78, 5) is 22.7. The fourth-order valence-electron chi connectivity index (χ4n) is 1.71. The van der Waals surface area contributed by atoms with Crippen LogP contribution in [0.15, 0.2) is 24.3 Å². The molecular weight excluding hydrogens is 260 g/mol. The summed E-state index contributed by atoms with van der Waals surface area (Å²) >= 11 is 0. The Morgan fingerprint density at radius 2 is 1.70 bits per heavy atom. The Balaban J connectivity index is 2.55. The third-order valence-electron chi connectivity index (χ3n) is 2.73. The number of carbonyl (C=O) groups excluding carboxylic acids is 2.